The van der Waals surface area contributed by atoms with Gasteiger partial charge in [-0.1, -0.05) is 40.0 Å². The number of aliphatic hydroxyl groups is 1. The zero-order chi connectivity index (χ0) is 16.6. The first-order valence-corrected chi connectivity index (χ1v) is 9.47. The minimum atomic E-state index is -4.34. The summed E-state index contributed by atoms with van der Waals surface area (Å²) >= 11 is 0. The molecule has 0 atom stereocenters. The van der Waals surface area contributed by atoms with Crippen LogP contribution in [0.15, 0.2) is 0 Å². The van der Waals surface area contributed by atoms with Gasteiger partial charge >= 0.3 is 7.82 Å². The van der Waals surface area contributed by atoms with Crippen molar-refractivity contribution in [2.75, 3.05) is 32.8 Å². The van der Waals surface area contributed by atoms with Gasteiger partial charge < -0.3 is 19.8 Å². The quantitative estimate of drug-likeness (QED) is 0.478. The highest BCUT2D eigenvalue weighted by Crippen LogP contribution is 2.34. The van der Waals surface area contributed by atoms with E-state index in [1.54, 1.807) is 0 Å². The normalized spacial score (nSPS) is 11.4. The SMILES string of the molecule is CCCCN(CCCC)CCCC.O=P(O)(O)OCCO. The van der Waals surface area contributed by atoms with Crippen LogP contribution in [0.2, 0.25) is 0 Å². The molecule has 0 aliphatic carbocycles. The van der Waals surface area contributed by atoms with Gasteiger partial charge in [-0.15, -0.1) is 0 Å². The number of unbranched alkanes of at least 4 members (excludes halogenated alkanes) is 3. The van der Waals surface area contributed by atoms with E-state index in [4.69, 9.17) is 14.9 Å². The number of phosphoric ester groups is 1. The van der Waals surface area contributed by atoms with Gasteiger partial charge in [-0.05, 0) is 38.9 Å². The fraction of sp³-hybridized carbons (Fsp3) is 1.00. The molecule has 3 N–H and O–H groups in total. The third kappa shape index (κ3) is 22.5. The van der Waals surface area contributed by atoms with Gasteiger partial charge in [0.15, 0.2) is 0 Å². The standard InChI is InChI=1S/C12H27N.C2H7O5P/c1-4-7-10-13(11-8-5-2)12-9-6-3;3-1-2-7-8(4,5)6/h4-12H2,1-3H3;3H,1-2H2,(H2,4,5,6). The van der Waals surface area contributed by atoms with E-state index >= 15 is 0 Å². The summed E-state index contributed by atoms with van der Waals surface area (Å²) in [4.78, 5) is 18.5. The molecule has 0 heterocycles. The Balaban J connectivity index is 0. The molecule has 0 amide bonds. The molecule has 0 bridgehead atoms. The molecule has 0 spiro atoms. The van der Waals surface area contributed by atoms with Crippen LogP contribution < -0.4 is 0 Å². The molecule has 0 aliphatic heterocycles. The summed E-state index contributed by atoms with van der Waals surface area (Å²) in [6.45, 7) is 10.1. The molecular formula is C14H34NO5P. The third-order valence-electron chi connectivity index (χ3n) is 2.83. The Hall–Kier alpha value is 0.0300. The zero-order valence-corrected chi connectivity index (χ0v) is 14.7. The maximum Gasteiger partial charge on any atom is 0.469 e. The maximum absolute atomic E-state index is 9.75. The van der Waals surface area contributed by atoms with Crippen molar-refractivity contribution in [3.8, 4) is 0 Å². The van der Waals surface area contributed by atoms with Crippen LogP contribution in [0.1, 0.15) is 59.3 Å². The minimum Gasteiger partial charge on any atom is -0.394 e. The minimum absolute atomic E-state index is 0.329. The highest BCUT2D eigenvalue weighted by Gasteiger charge is 2.11. The first-order valence-electron chi connectivity index (χ1n) is 7.94. The van der Waals surface area contributed by atoms with Gasteiger partial charge in [-0.3, -0.25) is 4.52 Å². The lowest BCUT2D eigenvalue weighted by molar-refractivity contribution is 0.151. The third-order valence-corrected chi connectivity index (χ3v) is 3.35. The zero-order valence-electron chi connectivity index (χ0n) is 13.8. The summed E-state index contributed by atoms with van der Waals surface area (Å²) in [6.07, 6.45) is 8.09. The van der Waals surface area contributed by atoms with E-state index in [0.717, 1.165) is 0 Å². The molecule has 0 aromatic rings. The Morgan fingerprint density at radius 1 is 0.905 bits per heavy atom. The van der Waals surface area contributed by atoms with Crippen LogP contribution in [-0.4, -0.2) is 52.6 Å². The molecule has 21 heavy (non-hydrogen) atoms. The summed E-state index contributed by atoms with van der Waals surface area (Å²) in [6, 6.07) is 0. The van der Waals surface area contributed by atoms with E-state index in [1.807, 2.05) is 0 Å². The molecule has 0 radical (unpaired) electrons. The molecule has 7 heteroatoms. The molecule has 0 saturated carbocycles. The largest absolute Gasteiger partial charge is 0.469 e. The van der Waals surface area contributed by atoms with Gasteiger partial charge in [0, 0.05) is 0 Å². The molecule has 0 aliphatic rings. The van der Waals surface area contributed by atoms with Gasteiger partial charge in [-0.25, -0.2) is 4.57 Å². The van der Waals surface area contributed by atoms with Crippen LogP contribution >= 0.6 is 7.82 Å². The van der Waals surface area contributed by atoms with Crippen LogP contribution in [0.25, 0.3) is 0 Å². The Bertz CT molecular complexity index is 228. The molecule has 0 aromatic heterocycles. The van der Waals surface area contributed by atoms with Crippen LogP contribution in [0, 0.1) is 0 Å². The Morgan fingerprint density at radius 2 is 1.29 bits per heavy atom. The summed E-state index contributed by atoms with van der Waals surface area (Å²) in [5.74, 6) is 0. The first-order chi connectivity index (χ1) is 9.91. The average molecular weight is 327 g/mol. The van der Waals surface area contributed by atoms with Crippen molar-refractivity contribution in [1.29, 1.82) is 0 Å². The van der Waals surface area contributed by atoms with Gasteiger partial charge in [0.2, 0.25) is 0 Å². The van der Waals surface area contributed by atoms with E-state index in [-0.39, 0.29) is 13.2 Å². The fourth-order valence-corrected chi connectivity index (χ4v) is 1.96. The first kappa shape index (κ1) is 23.3. The van der Waals surface area contributed by atoms with Crippen molar-refractivity contribution < 1.29 is 24.0 Å². The van der Waals surface area contributed by atoms with Crippen molar-refractivity contribution in [1.82, 2.24) is 4.90 Å². The summed E-state index contributed by atoms with van der Waals surface area (Å²) in [7, 11) is -4.34. The van der Waals surface area contributed by atoms with Crippen LogP contribution in [-0.2, 0) is 9.09 Å². The second-order valence-electron chi connectivity index (χ2n) is 4.95. The number of phosphoric acid groups is 1. The molecule has 130 valence electrons. The highest BCUT2D eigenvalue weighted by molar-refractivity contribution is 7.46. The summed E-state index contributed by atoms with van der Waals surface area (Å²) < 4.78 is 13.5. The van der Waals surface area contributed by atoms with Crippen molar-refractivity contribution in [2.45, 2.75) is 59.3 Å². The van der Waals surface area contributed by atoms with E-state index in [0.29, 0.717) is 0 Å². The van der Waals surface area contributed by atoms with Crippen LogP contribution in [0.5, 0.6) is 0 Å². The molecule has 0 fully saturated rings. The van der Waals surface area contributed by atoms with E-state index in [2.05, 4.69) is 30.2 Å². The Morgan fingerprint density at radius 3 is 1.48 bits per heavy atom. The van der Waals surface area contributed by atoms with E-state index in [9.17, 15) is 4.57 Å². The fourth-order valence-electron chi connectivity index (χ4n) is 1.64. The van der Waals surface area contributed by atoms with Crippen molar-refractivity contribution in [3.63, 3.8) is 0 Å². The van der Waals surface area contributed by atoms with E-state index in [1.165, 1.54) is 58.2 Å². The molecule has 0 saturated heterocycles. The second-order valence-corrected chi connectivity index (χ2v) is 6.19. The maximum atomic E-state index is 9.75. The molecule has 6 nitrogen and oxygen atoms in total. The number of hydrogen-bond acceptors (Lipinski definition) is 4. The van der Waals surface area contributed by atoms with Gasteiger partial charge in [0.25, 0.3) is 0 Å². The van der Waals surface area contributed by atoms with Crippen molar-refractivity contribution in [3.05, 3.63) is 0 Å². The van der Waals surface area contributed by atoms with Crippen molar-refractivity contribution >= 4 is 7.82 Å². The lowest BCUT2D eigenvalue weighted by Gasteiger charge is -2.21. The topological polar surface area (TPSA) is 90.2 Å². The number of nitrogens with zero attached hydrogens (tertiary/aromatic N) is 1. The molecule has 0 rings (SSSR count). The number of rotatable bonds is 12. The van der Waals surface area contributed by atoms with Crippen molar-refractivity contribution in [2.24, 2.45) is 0 Å². The predicted octanol–water partition coefficient (Wildman–Crippen LogP) is 2.78. The Labute approximate surface area is 129 Å². The molecule has 0 aromatic carbocycles. The monoisotopic (exact) mass is 327 g/mol. The van der Waals surface area contributed by atoms with Gasteiger partial charge in [0.1, 0.15) is 0 Å². The summed E-state index contributed by atoms with van der Waals surface area (Å²) in [5.41, 5.74) is 0. The van der Waals surface area contributed by atoms with Crippen LogP contribution in [0.4, 0.5) is 0 Å². The van der Waals surface area contributed by atoms with Crippen LogP contribution in [0.3, 0.4) is 0 Å². The Kier molecular flexibility index (Phi) is 18.2. The summed E-state index contributed by atoms with van der Waals surface area (Å²) in [5, 5.41) is 7.96. The highest BCUT2D eigenvalue weighted by atomic mass is 31.2. The smallest absolute Gasteiger partial charge is 0.394 e. The lowest BCUT2D eigenvalue weighted by Crippen LogP contribution is -2.27. The predicted molar refractivity (Wildman–Crippen MR) is 86.2 cm³/mol. The van der Waals surface area contributed by atoms with Gasteiger partial charge in [0.05, 0.1) is 13.2 Å². The number of hydrogen-bond donors (Lipinski definition) is 3. The lowest BCUT2D eigenvalue weighted by atomic mass is 10.2. The number of aliphatic hydroxyl groups excluding tert-OH is 1. The molecule has 0 unspecified atom stereocenters. The average Bonchev–Trinajstić information content (AvgIpc) is 2.44. The van der Waals surface area contributed by atoms with Gasteiger partial charge in [-0.2, -0.15) is 0 Å². The van der Waals surface area contributed by atoms with E-state index < -0.39 is 7.82 Å². The second kappa shape index (κ2) is 16.4. The molecular weight excluding hydrogens is 293 g/mol.